The van der Waals surface area contributed by atoms with E-state index in [1.165, 1.54) is 23.2 Å². The van der Waals surface area contributed by atoms with Crippen LogP contribution in [-0.2, 0) is 4.79 Å². The number of aromatic nitrogens is 4. The van der Waals surface area contributed by atoms with Gasteiger partial charge in [-0.1, -0.05) is 0 Å². The summed E-state index contributed by atoms with van der Waals surface area (Å²) in [6, 6.07) is 1.71. The van der Waals surface area contributed by atoms with E-state index in [1.54, 1.807) is 25.4 Å². The number of carbonyl (C=O) groups is 1. The first kappa shape index (κ1) is 18.0. The smallest absolute Gasteiger partial charge is 0.265 e. The molecule has 0 bridgehead atoms. The molecule has 0 fully saturated rings. The molecule has 1 amide bonds. The van der Waals surface area contributed by atoms with Gasteiger partial charge in [0, 0.05) is 19.3 Å². The largest absolute Gasteiger partial charge is 0.479 e. The van der Waals surface area contributed by atoms with E-state index < -0.39 is 5.38 Å². The number of hydrogen-bond donors (Lipinski definition) is 0. The molecule has 2 aromatic rings. The summed E-state index contributed by atoms with van der Waals surface area (Å²) in [6.45, 7) is 7.04. The van der Waals surface area contributed by atoms with Crippen molar-refractivity contribution in [2.45, 2.75) is 26.1 Å². The van der Waals surface area contributed by atoms with Crippen LogP contribution in [0.25, 0.3) is 0 Å². The van der Waals surface area contributed by atoms with Crippen molar-refractivity contribution < 1.29 is 9.53 Å². The number of ether oxygens (including phenoxy) is 1. The van der Waals surface area contributed by atoms with Crippen molar-refractivity contribution in [1.82, 2.24) is 19.9 Å². The van der Waals surface area contributed by atoms with Crippen LogP contribution in [0.2, 0.25) is 0 Å². The molecule has 0 aromatic carbocycles. The van der Waals surface area contributed by atoms with E-state index in [2.05, 4.69) is 15.1 Å². The van der Waals surface area contributed by atoms with E-state index in [-0.39, 0.29) is 11.8 Å². The lowest BCUT2D eigenvalue weighted by Gasteiger charge is -2.29. The lowest BCUT2D eigenvalue weighted by atomic mass is 10.3. The number of methoxy groups -OCH3 is 1. The molecule has 0 spiro atoms. The summed E-state index contributed by atoms with van der Waals surface area (Å²) < 4.78 is 5.38. The van der Waals surface area contributed by atoms with Gasteiger partial charge in [0.15, 0.2) is 11.5 Å². The normalized spacial score (nSPS) is 11.9. The Morgan fingerprint density at radius 3 is 2.58 bits per heavy atom. The lowest BCUT2D eigenvalue weighted by Crippen LogP contribution is -2.42. The third-order valence-electron chi connectivity index (χ3n) is 3.48. The maximum Gasteiger partial charge on any atom is 0.265 e. The maximum absolute atomic E-state index is 12.8. The van der Waals surface area contributed by atoms with Crippen LogP contribution in [0.3, 0.4) is 0 Å². The van der Waals surface area contributed by atoms with Gasteiger partial charge in [0.2, 0.25) is 5.88 Å². The standard InChI is InChI=1S/C15H21ClN6O2/c1-5-20(6-2)13-12(14(24-4)18-10-17-13)22(15(23)11(3)16)21-9-7-8-19-21/h7-11H,5-6H2,1-4H3. The Bertz CT molecular complexity index is 673. The maximum atomic E-state index is 12.8. The average Bonchev–Trinajstić information content (AvgIpc) is 3.11. The van der Waals surface area contributed by atoms with E-state index in [0.29, 0.717) is 24.6 Å². The minimum absolute atomic E-state index is 0.271. The number of anilines is 2. The summed E-state index contributed by atoms with van der Waals surface area (Å²) in [6.07, 6.45) is 4.63. The van der Waals surface area contributed by atoms with Crippen LogP contribution in [-0.4, -0.2) is 51.3 Å². The fourth-order valence-electron chi connectivity index (χ4n) is 2.30. The van der Waals surface area contributed by atoms with Gasteiger partial charge in [-0.2, -0.15) is 19.9 Å². The summed E-state index contributed by atoms with van der Waals surface area (Å²) in [4.78, 5) is 24.7. The molecule has 0 aliphatic rings. The third-order valence-corrected chi connectivity index (χ3v) is 3.67. The Morgan fingerprint density at radius 2 is 2.08 bits per heavy atom. The summed E-state index contributed by atoms with van der Waals surface area (Å²) in [5.74, 6) is 0.489. The first-order valence-electron chi connectivity index (χ1n) is 7.66. The van der Waals surface area contributed by atoms with Crippen LogP contribution in [0.15, 0.2) is 24.8 Å². The van der Waals surface area contributed by atoms with Crippen molar-refractivity contribution in [1.29, 1.82) is 0 Å². The Balaban J connectivity index is 2.70. The summed E-state index contributed by atoms with van der Waals surface area (Å²) in [5.41, 5.74) is 0.407. The zero-order valence-corrected chi connectivity index (χ0v) is 14.9. The van der Waals surface area contributed by atoms with E-state index >= 15 is 0 Å². The molecule has 8 nitrogen and oxygen atoms in total. The number of hydrogen-bond acceptors (Lipinski definition) is 6. The van der Waals surface area contributed by atoms with Crippen molar-refractivity contribution in [2.75, 3.05) is 30.1 Å². The molecule has 0 radical (unpaired) electrons. The first-order chi connectivity index (χ1) is 11.5. The molecule has 1 unspecified atom stereocenters. The predicted molar refractivity (Wildman–Crippen MR) is 92.6 cm³/mol. The monoisotopic (exact) mass is 352 g/mol. The molecule has 9 heteroatoms. The van der Waals surface area contributed by atoms with E-state index in [4.69, 9.17) is 16.3 Å². The molecule has 0 N–H and O–H groups in total. The van der Waals surface area contributed by atoms with Crippen molar-refractivity contribution >= 4 is 29.0 Å². The molecule has 24 heavy (non-hydrogen) atoms. The molecule has 1 atom stereocenters. The van der Waals surface area contributed by atoms with Crippen molar-refractivity contribution in [2.24, 2.45) is 0 Å². The fourth-order valence-corrected chi connectivity index (χ4v) is 2.40. The van der Waals surface area contributed by atoms with Gasteiger partial charge in [0.05, 0.1) is 13.3 Å². The molecule has 0 aliphatic heterocycles. The summed E-state index contributed by atoms with van der Waals surface area (Å²) in [5, 5.41) is 4.73. The Hall–Kier alpha value is -2.35. The van der Waals surface area contributed by atoms with Gasteiger partial charge < -0.3 is 9.64 Å². The van der Waals surface area contributed by atoms with Gasteiger partial charge >= 0.3 is 0 Å². The number of rotatable bonds is 7. The van der Waals surface area contributed by atoms with Crippen LogP contribution in [0, 0.1) is 0 Å². The molecule has 0 saturated carbocycles. The SMILES string of the molecule is CCN(CC)c1ncnc(OC)c1N(C(=O)C(C)Cl)n1cccn1. The molecule has 2 rings (SSSR count). The second-order valence-electron chi connectivity index (χ2n) is 4.92. The van der Waals surface area contributed by atoms with Gasteiger partial charge in [-0.3, -0.25) is 4.79 Å². The molecule has 130 valence electrons. The van der Waals surface area contributed by atoms with Gasteiger partial charge in [0.25, 0.3) is 5.91 Å². The summed E-state index contributed by atoms with van der Waals surface area (Å²) >= 11 is 6.06. The zero-order valence-electron chi connectivity index (χ0n) is 14.2. The Labute approximate surface area is 146 Å². The van der Waals surface area contributed by atoms with Gasteiger partial charge in [-0.15, -0.1) is 11.6 Å². The second-order valence-corrected chi connectivity index (χ2v) is 5.57. The highest BCUT2D eigenvalue weighted by Crippen LogP contribution is 2.35. The molecular weight excluding hydrogens is 332 g/mol. The van der Waals surface area contributed by atoms with Gasteiger partial charge in [-0.05, 0) is 26.8 Å². The highest BCUT2D eigenvalue weighted by Gasteiger charge is 2.31. The van der Waals surface area contributed by atoms with Crippen molar-refractivity contribution in [3.63, 3.8) is 0 Å². The minimum Gasteiger partial charge on any atom is -0.479 e. The van der Waals surface area contributed by atoms with Crippen LogP contribution < -0.4 is 14.6 Å². The van der Waals surface area contributed by atoms with E-state index in [0.717, 1.165) is 0 Å². The molecule has 2 aromatic heterocycles. The predicted octanol–water partition coefficient (Wildman–Crippen LogP) is 1.95. The van der Waals surface area contributed by atoms with Crippen molar-refractivity contribution in [3.05, 3.63) is 24.8 Å². The van der Waals surface area contributed by atoms with E-state index in [1.807, 2.05) is 18.7 Å². The number of alkyl halides is 1. The second kappa shape index (κ2) is 7.96. The van der Waals surface area contributed by atoms with Gasteiger partial charge in [0.1, 0.15) is 11.7 Å². The van der Waals surface area contributed by atoms with Crippen molar-refractivity contribution in [3.8, 4) is 5.88 Å². The molecule has 0 saturated heterocycles. The Kier molecular flexibility index (Phi) is 5.97. The van der Waals surface area contributed by atoms with Crippen LogP contribution in [0.5, 0.6) is 5.88 Å². The van der Waals surface area contributed by atoms with Crippen LogP contribution in [0.1, 0.15) is 20.8 Å². The number of amides is 1. The molecule has 2 heterocycles. The third kappa shape index (κ3) is 3.43. The number of nitrogens with zero attached hydrogens (tertiary/aromatic N) is 6. The molecule has 0 aliphatic carbocycles. The zero-order chi connectivity index (χ0) is 17.7. The lowest BCUT2D eigenvalue weighted by molar-refractivity contribution is -0.118. The number of carbonyl (C=O) groups excluding carboxylic acids is 1. The average molecular weight is 353 g/mol. The molecular formula is C15H21ClN6O2. The Morgan fingerprint density at radius 1 is 1.38 bits per heavy atom. The van der Waals surface area contributed by atoms with E-state index in [9.17, 15) is 4.79 Å². The minimum atomic E-state index is -0.760. The fraction of sp³-hybridized carbons (Fsp3) is 0.467. The van der Waals surface area contributed by atoms with Crippen LogP contribution in [0.4, 0.5) is 11.5 Å². The first-order valence-corrected chi connectivity index (χ1v) is 8.10. The summed E-state index contributed by atoms with van der Waals surface area (Å²) in [7, 11) is 1.49. The number of halogens is 1. The highest BCUT2D eigenvalue weighted by molar-refractivity contribution is 6.32. The quantitative estimate of drug-likeness (QED) is 0.709. The van der Waals surface area contributed by atoms with Crippen LogP contribution >= 0.6 is 11.6 Å². The van der Waals surface area contributed by atoms with Gasteiger partial charge in [-0.25, -0.2) is 4.98 Å². The topological polar surface area (TPSA) is 76.4 Å². The highest BCUT2D eigenvalue weighted by atomic mass is 35.5.